The number of benzene rings is 3. The molecule has 0 fully saturated rings. The minimum Gasteiger partial charge on any atom is -0.492 e. The van der Waals surface area contributed by atoms with Crippen LogP contribution in [0.1, 0.15) is 22.8 Å². The molecule has 0 aliphatic rings. The van der Waals surface area contributed by atoms with Crippen molar-refractivity contribution >= 4 is 49.2 Å². The fraction of sp³-hybridized carbons (Fsp3) is 0.125. The Morgan fingerprint density at radius 3 is 2.57 bits per heavy atom. The van der Waals surface area contributed by atoms with Crippen LogP contribution in [-0.2, 0) is 19.6 Å². The molecule has 2 N–H and O–H groups in total. The lowest BCUT2D eigenvalue weighted by Gasteiger charge is -2.15. The molecule has 9 nitrogen and oxygen atoms in total. The maximum atomic E-state index is 13.1. The minimum absolute atomic E-state index is 0.0259. The molecule has 35 heavy (non-hydrogen) atoms. The number of nitriles is 1. The standard InChI is InChI=1S/C24H20BrN3O6S/c1-2-33-21-11-10-17(25)13-22(21)35(31,32)28-20-9-4-3-8-19(20)24(30)34-15-23(29)27-18-7-5-6-16(12-18)14-26/h3-13,28H,2,15H2,1H3,(H,27,29). The Balaban J connectivity index is 1.74. The molecule has 3 aromatic rings. The van der Waals surface area contributed by atoms with Crippen LogP contribution in [0.25, 0.3) is 0 Å². The van der Waals surface area contributed by atoms with Crippen LogP contribution < -0.4 is 14.8 Å². The molecule has 0 spiro atoms. The van der Waals surface area contributed by atoms with Crippen molar-refractivity contribution in [1.29, 1.82) is 5.26 Å². The molecule has 0 aromatic heterocycles. The van der Waals surface area contributed by atoms with Crippen LogP contribution in [0.15, 0.2) is 76.1 Å². The highest BCUT2D eigenvalue weighted by Crippen LogP contribution is 2.30. The lowest BCUT2D eigenvalue weighted by molar-refractivity contribution is -0.119. The van der Waals surface area contributed by atoms with Crippen molar-refractivity contribution in [3.8, 4) is 11.8 Å². The summed E-state index contributed by atoms with van der Waals surface area (Å²) in [5.41, 5.74) is 0.627. The monoisotopic (exact) mass is 557 g/mol. The zero-order valence-corrected chi connectivity index (χ0v) is 20.9. The SMILES string of the molecule is CCOc1ccc(Br)cc1S(=O)(=O)Nc1ccccc1C(=O)OCC(=O)Nc1cccc(C#N)c1. The zero-order valence-electron chi connectivity index (χ0n) is 18.4. The van der Waals surface area contributed by atoms with Gasteiger partial charge in [0, 0.05) is 10.2 Å². The molecular weight excluding hydrogens is 538 g/mol. The van der Waals surface area contributed by atoms with E-state index in [9.17, 15) is 18.0 Å². The van der Waals surface area contributed by atoms with Crippen LogP contribution >= 0.6 is 15.9 Å². The summed E-state index contributed by atoms with van der Waals surface area (Å²) in [6.07, 6.45) is 0. The van der Waals surface area contributed by atoms with Crippen molar-refractivity contribution in [3.05, 3.63) is 82.3 Å². The summed E-state index contributed by atoms with van der Waals surface area (Å²) >= 11 is 3.25. The predicted molar refractivity (Wildman–Crippen MR) is 133 cm³/mol. The van der Waals surface area contributed by atoms with Gasteiger partial charge in [0.05, 0.1) is 29.5 Å². The molecule has 1 amide bonds. The van der Waals surface area contributed by atoms with Crippen molar-refractivity contribution in [1.82, 2.24) is 0 Å². The first-order valence-electron chi connectivity index (χ1n) is 10.2. The van der Waals surface area contributed by atoms with Crippen molar-refractivity contribution < 1.29 is 27.5 Å². The number of para-hydroxylation sites is 1. The average molecular weight is 558 g/mol. The van der Waals surface area contributed by atoms with Gasteiger partial charge in [-0.25, -0.2) is 13.2 Å². The number of sulfonamides is 1. The largest absolute Gasteiger partial charge is 0.492 e. The second-order valence-electron chi connectivity index (χ2n) is 6.99. The Kier molecular flexibility index (Phi) is 8.46. The van der Waals surface area contributed by atoms with Crippen molar-refractivity contribution in [3.63, 3.8) is 0 Å². The summed E-state index contributed by atoms with van der Waals surface area (Å²) in [7, 11) is -4.14. The zero-order chi connectivity index (χ0) is 25.4. The van der Waals surface area contributed by atoms with Gasteiger partial charge in [0.25, 0.3) is 15.9 Å². The van der Waals surface area contributed by atoms with Gasteiger partial charge in [-0.3, -0.25) is 9.52 Å². The summed E-state index contributed by atoms with van der Waals surface area (Å²) in [5, 5.41) is 11.5. The fourth-order valence-corrected chi connectivity index (χ4v) is 4.75. The van der Waals surface area contributed by atoms with Gasteiger partial charge in [-0.1, -0.05) is 34.1 Å². The number of hydrogen-bond donors (Lipinski definition) is 2. The summed E-state index contributed by atoms with van der Waals surface area (Å²) < 4.78 is 39.6. The number of nitrogens with zero attached hydrogens (tertiary/aromatic N) is 1. The number of carbonyl (C=O) groups excluding carboxylic acids is 2. The first-order chi connectivity index (χ1) is 16.7. The van der Waals surface area contributed by atoms with E-state index in [1.54, 1.807) is 37.3 Å². The van der Waals surface area contributed by atoms with Crippen molar-refractivity contribution in [2.24, 2.45) is 0 Å². The van der Waals surface area contributed by atoms with Crippen LogP contribution in [-0.4, -0.2) is 33.5 Å². The quantitative estimate of drug-likeness (QED) is 0.374. The third kappa shape index (κ3) is 6.81. The van der Waals surface area contributed by atoms with E-state index in [-0.39, 0.29) is 28.5 Å². The third-order valence-electron chi connectivity index (χ3n) is 4.50. The number of hydrogen-bond acceptors (Lipinski definition) is 7. The van der Waals surface area contributed by atoms with Gasteiger partial charge in [-0.05, 0) is 55.5 Å². The molecule has 0 heterocycles. The molecular formula is C24H20BrN3O6S. The Morgan fingerprint density at radius 2 is 1.83 bits per heavy atom. The Hall–Kier alpha value is -3.88. The highest BCUT2D eigenvalue weighted by Gasteiger charge is 2.23. The number of ether oxygens (including phenoxy) is 2. The molecule has 3 aromatic carbocycles. The van der Waals surface area contributed by atoms with Gasteiger partial charge in [-0.15, -0.1) is 0 Å². The number of halogens is 1. The predicted octanol–water partition coefficient (Wildman–Crippen LogP) is 4.32. The molecule has 0 atom stereocenters. The van der Waals surface area contributed by atoms with Gasteiger partial charge >= 0.3 is 5.97 Å². The maximum absolute atomic E-state index is 13.1. The van der Waals surface area contributed by atoms with E-state index >= 15 is 0 Å². The summed E-state index contributed by atoms with van der Waals surface area (Å²) in [4.78, 5) is 24.7. The van der Waals surface area contributed by atoms with Crippen molar-refractivity contribution in [2.75, 3.05) is 23.3 Å². The lowest BCUT2D eigenvalue weighted by Crippen LogP contribution is -2.22. The lowest BCUT2D eigenvalue weighted by atomic mass is 10.2. The molecule has 0 aliphatic carbocycles. The first kappa shape index (κ1) is 25.7. The molecule has 0 radical (unpaired) electrons. The van der Waals surface area contributed by atoms with Crippen LogP contribution in [0.2, 0.25) is 0 Å². The second-order valence-corrected chi connectivity index (χ2v) is 9.56. The topological polar surface area (TPSA) is 135 Å². The van der Waals surface area contributed by atoms with Crippen LogP contribution in [0.3, 0.4) is 0 Å². The van der Waals surface area contributed by atoms with E-state index in [2.05, 4.69) is 26.0 Å². The number of carbonyl (C=O) groups is 2. The first-order valence-corrected chi connectivity index (χ1v) is 12.5. The van der Waals surface area contributed by atoms with Crippen molar-refractivity contribution in [2.45, 2.75) is 11.8 Å². The van der Waals surface area contributed by atoms with E-state index in [4.69, 9.17) is 14.7 Å². The van der Waals surface area contributed by atoms with Gasteiger partial charge in [-0.2, -0.15) is 5.26 Å². The van der Waals surface area contributed by atoms with Gasteiger partial charge < -0.3 is 14.8 Å². The Labute approximate surface area is 210 Å². The molecule has 0 saturated carbocycles. The Morgan fingerprint density at radius 1 is 1.06 bits per heavy atom. The van der Waals surface area contributed by atoms with Gasteiger partial charge in [0.2, 0.25) is 0 Å². The maximum Gasteiger partial charge on any atom is 0.340 e. The highest BCUT2D eigenvalue weighted by molar-refractivity contribution is 9.10. The summed E-state index contributed by atoms with van der Waals surface area (Å²) in [5.74, 6) is -1.37. The fourth-order valence-electron chi connectivity index (χ4n) is 2.99. The van der Waals surface area contributed by atoms with Crippen LogP contribution in [0.5, 0.6) is 5.75 Å². The average Bonchev–Trinajstić information content (AvgIpc) is 2.84. The highest BCUT2D eigenvalue weighted by atomic mass is 79.9. The number of esters is 1. The normalized spacial score (nSPS) is 10.7. The smallest absolute Gasteiger partial charge is 0.340 e. The van der Waals surface area contributed by atoms with Crippen LogP contribution in [0, 0.1) is 11.3 Å². The summed E-state index contributed by atoms with van der Waals surface area (Å²) in [6.45, 7) is 1.38. The molecule has 11 heteroatoms. The van der Waals surface area contributed by atoms with Gasteiger partial charge in [0.1, 0.15) is 10.6 Å². The molecule has 0 bridgehead atoms. The van der Waals surface area contributed by atoms with E-state index in [0.29, 0.717) is 15.7 Å². The third-order valence-corrected chi connectivity index (χ3v) is 6.38. The molecule has 0 saturated heterocycles. The number of nitrogens with one attached hydrogen (secondary N) is 2. The molecule has 180 valence electrons. The second kappa shape index (κ2) is 11.5. The van der Waals surface area contributed by atoms with E-state index in [1.165, 1.54) is 36.4 Å². The Bertz CT molecular complexity index is 1400. The van der Waals surface area contributed by atoms with E-state index < -0.39 is 28.5 Å². The van der Waals surface area contributed by atoms with Crippen LogP contribution in [0.4, 0.5) is 11.4 Å². The number of rotatable bonds is 9. The molecule has 0 aliphatic heterocycles. The van der Waals surface area contributed by atoms with E-state index in [1.807, 2.05) is 6.07 Å². The molecule has 3 rings (SSSR count). The summed E-state index contributed by atoms with van der Waals surface area (Å²) in [6, 6.07) is 18.6. The molecule has 0 unspecified atom stereocenters. The number of anilines is 2. The minimum atomic E-state index is -4.14. The number of amides is 1. The van der Waals surface area contributed by atoms with E-state index in [0.717, 1.165) is 0 Å². The van der Waals surface area contributed by atoms with Gasteiger partial charge in [0.15, 0.2) is 6.61 Å².